The number of carbonyl (C=O) groups is 2. The largest absolute Gasteiger partial charge is 0.350 e. The predicted molar refractivity (Wildman–Crippen MR) is 113 cm³/mol. The van der Waals surface area contributed by atoms with Crippen LogP contribution in [-0.2, 0) is 16.1 Å². The van der Waals surface area contributed by atoms with E-state index in [1.807, 2.05) is 55.5 Å². The van der Waals surface area contributed by atoms with E-state index in [0.717, 1.165) is 21.2 Å². The van der Waals surface area contributed by atoms with Gasteiger partial charge in [0.15, 0.2) is 0 Å². The van der Waals surface area contributed by atoms with Crippen LogP contribution in [0.4, 0.5) is 0 Å². The Morgan fingerprint density at radius 3 is 2.83 bits per heavy atom. The Bertz CT molecular complexity index is 946. The number of amides is 2. The molecule has 2 atom stereocenters. The number of rotatable bonds is 5. The molecule has 0 spiro atoms. The monoisotopic (exact) mass is 455 g/mol. The van der Waals surface area contributed by atoms with Crippen molar-refractivity contribution in [3.8, 4) is 0 Å². The maximum atomic E-state index is 12.8. The highest BCUT2D eigenvalue weighted by atomic mass is 79.9. The van der Waals surface area contributed by atoms with Crippen LogP contribution in [0.15, 0.2) is 58.1 Å². The first kappa shape index (κ1) is 19.6. The van der Waals surface area contributed by atoms with Gasteiger partial charge in [-0.25, -0.2) is 10.4 Å². The predicted octanol–water partition coefficient (Wildman–Crippen LogP) is 2.48. The van der Waals surface area contributed by atoms with Gasteiger partial charge < -0.3 is 5.32 Å². The summed E-state index contributed by atoms with van der Waals surface area (Å²) in [5.74, 6) is -0.411. The van der Waals surface area contributed by atoms with Crippen LogP contribution in [0, 0.1) is 6.92 Å². The molecule has 2 aliphatic heterocycles. The van der Waals surface area contributed by atoms with E-state index in [2.05, 4.69) is 31.8 Å². The molecule has 0 radical (unpaired) electrons. The molecule has 2 unspecified atom stereocenters. The number of nitrogens with zero attached hydrogens (tertiary/aromatic N) is 3. The molecule has 0 bridgehead atoms. The maximum absolute atomic E-state index is 12.8. The molecule has 7 nitrogen and oxygen atoms in total. The zero-order valence-corrected chi connectivity index (χ0v) is 17.6. The van der Waals surface area contributed by atoms with Gasteiger partial charge in [0, 0.05) is 11.0 Å². The minimum absolute atomic E-state index is 0.0265. The smallest absolute Gasteiger partial charge is 0.267 e. The summed E-state index contributed by atoms with van der Waals surface area (Å²) < 4.78 is 1.01. The number of carbonyl (C=O) groups excluding carboxylic acids is 2. The van der Waals surface area contributed by atoms with Crippen LogP contribution >= 0.6 is 15.9 Å². The number of hydrazone groups is 1. The molecule has 2 heterocycles. The van der Waals surface area contributed by atoms with Crippen LogP contribution in [0.1, 0.15) is 29.2 Å². The molecule has 0 aliphatic carbocycles. The fourth-order valence-corrected chi connectivity index (χ4v) is 3.84. The lowest BCUT2D eigenvalue weighted by molar-refractivity contribution is -0.140. The van der Waals surface area contributed by atoms with Gasteiger partial charge in [-0.2, -0.15) is 5.10 Å². The third-order valence-electron chi connectivity index (χ3n) is 5.09. The highest BCUT2D eigenvalue weighted by Gasteiger charge is 2.41. The number of fused-ring (bicyclic) bond motifs is 1. The lowest BCUT2D eigenvalue weighted by Gasteiger charge is -2.29. The van der Waals surface area contributed by atoms with E-state index in [-0.39, 0.29) is 30.4 Å². The van der Waals surface area contributed by atoms with Crippen LogP contribution in [0.3, 0.4) is 0 Å². The van der Waals surface area contributed by atoms with Crippen molar-refractivity contribution < 1.29 is 9.59 Å². The summed E-state index contributed by atoms with van der Waals surface area (Å²) in [5, 5.41) is 9.99. The van der Waals surface area contributed by atoms with Gasteiger partial charge in [0.1, 0.15) is 18.9 Å². The topological polar surface area (TPSA) is 77.0 Å². The molecule has 2 aliphatic rings. The molecule has 2 N–H and O–H groups in total. The molecule has 2 amide bonds. The summed E-state index contributed by atoms with van der Waals surface area (Å²) >= 11 is 3.44. The van der Waals surface area contributed by atoms with E-state index in [9.17, 15) is 9.59 Å². The fourth-order valence-electron chi connectivity index (χ4n) is 3.58. The van der Waals surface area contributed by atoms with E-state index >= 15 is 0 Å². The van der Waals surface area contributed by atoms with Gasteiger partial charge in [-0.1, -0.05) is 57.9 Å². The van der Waals surface area contributed by atoms with Crippen LogP contribution in [0.2, 0.25) is 0 Å². The van der Waals surface area contributed by atoms with Gasteiger partial charge in [-0.3, -0.25) is 14.6 Å². The number of hydrogen-bond donors (Lipinski definition) is 2. The standard InChI is InChI=1S/C21H22BrN5O2/c1-14-3-2-4-15(9-14)11-23-20(28)12-26-21(29)19-10-18(25-27(19)13-24-26)16-5-7-17(22)8-6-16/h2-9,13,18-19,25H,10-12H2,1H3,(H,23,28). The van der Waals surface area contributed by atoms with Gasteiger partial charge in [0.2, 0.25) is 5.91 Å². The molecule has 29 heavy (non-hydrogen) atoms. The molecule has 150 valence electrons. The quantitative estimate of drug-likeness (QED) is 0.725. The molecule has 2 aromatic carbocycles. The average molecular weight is 456 g/mol. The van der Waals surface area contributed by atoms with Crippen molar-refractivity contribution in [1.29, 1.82) is 0 Å². The number of halogens is 1. The van der Waals surface area contributed by atoms with Crippen LogP contribution < -0.4 is 10.7 Å². The number of aryl methyl sites for hydroxylation is 1. The normalized spacial score (nSPS) is 20.7. The molecule has 8 heteroatoms. The number of nitrogens with one attached hydrogen (secondary N) is 2. The molecular weight excluding hydrogens is 434 g/mol. The molecular formula is C21H22BrN5O2. The summed E-state index contributed by atoms with van der Waals surface area (Å²) in [4.78, 5) is 25.1. The van der Waals surface area contributed by atoms with Gasteiger partial charge in [0.25, 0.3) is 5.91 Å². The zero-order valence-electron chi connectivity index (χ0n) is 16.0. The Morgan fingerprint density at radius 2 is 2.07 bits per heavy atom. The van der Waals surface area contributed by atoms with E-state index in [1.165, 1.54) is 5.01 Å². The summed E-state index contributed by atoms with van der Waals surface area (Å²) in [5.41, 5.74) is 6.57. The third kappa shape index (κ3) is 4.49. The van der Waals surface area contributed by atoms with Crippen molar-refractivity contribution >= 4 is 34.1 Å². The Labute approximate surface area is 177 Å². The van der Waals surface area contributed by atoms with Gasteiger partial charge in [-0.15, -0.1) is 0 Å². The summed E-state index contributed by atoms with van der Waals surface area (Å²) in [6, 6.07) is 15.6. The van der Waals surface area contributed by atoms with E-state index in [0.29, 0.717) is 13.0 Å². The van der Waals surface area contributed by atoms with Crippen molar-refractivity contribution in [3.63, 3.8) is 0 Å². The minimum atomic E-state index is -0.370. The summed E-state index contributed by atoms with van der Waals surface area (Å²) in [7, 11) is 0. The SMILES string of the molecule is Cc1cccc(CNC(=O)CN2N=CN3NC(c4ccc(Br)cc4)CC3C2=O)c1. The van der Waals surface area contributed by atoms with Crippen molar-refractivity contribution in [3.05, 3.63) is 69.7 Å². The van der Waals surface area contributed by atoms with Crippen LogP contribution in [0.25, 0.3) is 0 Å². The van der Waals surface area contributed by atoms with Crippen LogP contribution in [-0.4, -0.2) is 40.8 Å². The van der Waals surface area contributed by atoms with Crippen molar-refractivity contribution in [1.82, 2.24) is 20.8 Å². The molecule has 2 aromatic rings. The average Bonchev–Trinajstić information content (AvgIpc) is 3.14. The number of benzene rings is 2. The van der Waals surface area contributed by atoms with E-state index in [4.69, 9.17) is 0 Å². The highest BCUT2D eigenvalue weighted by Crippen LogP contribution is 2.30. The molecule has 0 aromatic heterocycles. The molecule has 1 fully saturated rings. The molecule has 4 rings (SSSR count). The molecule has 0 saturated carbocycles. The lowest BCUT2D eigenvalue weighted by Crippen LogP contribution is -2.52. The van der Waals surface area contributed by atoms with Gasteiger partial charge in [-0.05, 0) is 36.6 Å². The summed E-state index contributed by atoms with van der Waals surface area (Å²) in [6.07, 6.45) is 2.20. The maximum Gasteiger partial charge on any atom is 0.267 e. The van der Waals surface area contributed by atoms with Gasteiger partial charge >= 0.3 is 0 Å². The van der Waals surface area contributed by atoms with Crippen molar-refractivity contribution in [2.75, 3.05) is 6.54 Å². The zero-order chi connectivity index (χ0) is 20.4. The molecule has 1 saturated heterocycles. The first-order chi connectivity index (χ1) is 14.0. The Hall–Kier alpha value is -2.71. The first-order valence-electron chi connectivity index (χ1n) is 9.47. The fraction of sp³-hybridized carbons (Fsp3) is 0.286. The minimum Gasteiger partial charge on any atom is -0.350 e. The highest BCUT2D eigenvalue weighted by molar-refractivity contribution is 9.10. The van der Waals surface area contributed by atoms with Crippen molar-refractivity contribution in [2.45, 2.75) is 32.0 Å². The Balaban J connectivity index is 1.34. The first-order valence-corrected chi connectivity index (χ1v) is 10.3. The van der Waals surface area contributed by atoms with Gasteiger partial charge in [0.05, 0.1) is 6.04 Å². The summed E-state index contributed by atoms with van der Waals surface area (Å²) in [6.45, 7) is 2.35. The van der Waals surface area contributed by atoms with Crippen LogP contribution in [0.5, 0.6) is 0 Å². The second kappa shape index (κ2) is 8.34. The lowest BCUT2D eigenvalue weighted by atomic mass is 10.0. The van der Waals surface area contributed by atoms with E-state index < -0.39 is 0 Å². The van der Waals surface area contributed by atoms with E-state index in [1.54, 1.807) is 11.3 Å². The second-order valence-corrected chi connectivity index (χ2v) is 8.20. The Morgan fingerprint density at radius 1 is 1.28 bits per heavy atom. The van der Waals surface area contributed by atoms with Crippen molar-refractivity contribution in [2.24, 2.45) is 5.10 Å². The second-order valence-electron chi connectivity index (χ2n) is 7.28. The number of hydrogen-bond acceptors (Lipinski definition) is 5. The third-order valence-corrected chi connectivity index (χ3v) is 5.62. The number of hydrazine groups is 1. The Kier molecular flexibility index (Phi) is 5.64.